The van der Waals surface area contributed by atoms with E-state index < -0.39 is 0 Å². The number of aryl methyl sites for hydroxylation is 2. The van der Waals surface area contributed by atoms with Gasteiger partial charge in [-0.05, 0) is 41.9 Å². The molecule has 19 heavy (non-hydrogen) atoms. The Morgan fingerprint density at radius 3 is 2.63 bits per heavy atom. The van der Waals surface area contributed by atoms with Gasteiger partial charge in [-0.25, -0.2) is 0 Å². The summed E-state index contributed by atoms with van der Waals surface area (Å²) in [4.78, 5) is 11.9. The molecule has 0 saturated heterocycles. The van der Waals surface area contributed by atoms with Crippen molar-refractivity contribution >= 4 is 27.8 Å². The summed E-state index contributed by atoms with van der Waals surface area (Å²) in [6.07, 6.45) is 8.44. The van der Waals surface area contributed by atoms with Gasteiger partial charge in [-0.15, -0.1) is 0 Å². The zero-order chi connectivity index (χ0) is 13.8. The third-order valence-corrected chi connectivity index (χ3v) is 3.31. The van der Waals surface area contributed by atoms with Crippen LogP contribution in [0.2, 0.25) is 0 Å². The van der Waals surface area contributed by atoms with Crippen molar-refractivity contribution in [3.63, 3.8) is 0 Å². The van der Waals surface area contributed by atoms with Gasteiger partial charge in [-0.2, -0.15) is 10.2 Å². The third-order valence-electron chi connectivity index (χ3n) is 2.70. The minimum Gasteiger partial charge on any atom is -0.289 e. The van der Waals surface area contributed by atoms with Gasteiger partial charge in [-0.3, -0.25) is 14.2 Å². The zero-order valence-electron chi connectivity index (χ0n) is 10.9. The molecule has 5 nitrogen and oxygen atoms in total. The van der Waals surface area contributed by atoms with Crippen LogP contribution >= 0.6 is 15.9 Å². The Kier molecular flexibility index (Phi) is 4.31. The van der Waals surface area contributed by atoms with Crippen LogP contribution in [-0.4, -0.2) is 25.3 Å². The predicted octanol–water partition coefficient (Wildman–Crippen LogP) is 2.78. The molecule has 2 rings (SSSR count). The normalized spacial score (nSPS) is 11.3. The lowest BCUT2D eigenvalue weighted by Gasteiger charge is -1.91. The fraction of sp³-hybridized carbons (Fsp3) is 0.308. The Morgan fingerprint density at radius 2 is 2.05 bits per heavy atom. The van der Waals surface area contributed by atoms with E-state index in [1.807, 2.05) is 24.7 Å². The summed E-state index contributed by atoms with van der Waals surface area (Å²) in [6, 6.07) is 0. The third kappa shape index (κ3) is 3.20. The molecular weight excluding hydrogens is 308 g/mol. The molecule has 2 heterocycles. The molecule has 0 unspecified atom stereocenters. The predicted molar refractivity (Wildman–Crippen MR) is 76.9 cm³/mol. The largest absolute Gasteiger partial charge is 0.289 e. The fourth-order valence-corrected chi connectivity index (χ4v) is 2.05. The Balaban J connectivity index is 2.13. The lowest BCUT2D eigenvalue weighted by Crippen LogP contribution is -1.95. The van der Waals surface area contributed by atoms with Crippen molar-refractivity contribution < 1.29 is 4.79 Å². The van der Waals surface area contributed by atoms with E-state index >= 15 is 0 Å². The average molecular weight is 323 g/mol. The summed E-state index contributed by atoms with van der Waals surface area (Å²) in [5.41, 5.74) is 1.34. The van der Waals surface area contributed by atoms with E-state index in [4.69, 9.17) is 0 Å². The number of halogens is 1. The molecule has 2 aromatic heterocycles. The first-order chi connectivity index (χ1) is 9.13. The van der Waals surface area contributed by atoms with E-state index in [0.717, 1.165) is 23.3 Å². The summed E-state index contributed by atoms with van der Waals surface area (Å²) in [5, 5.41) is 8.40. The second-order valence-corrected chi connectivity index (χ2v) is 4.85. The number of hydrogen-bond acceptors (Lipinski definition) is 3. The van der Waals surface area contributed by atoms with Gasteiger partial charge in [0.2, 0.25) is 0 Å². The van der Waals surface area contributed by atoms with Crippen LogP contribution in [0.15, 0.2) is 29.1 Å². The molecule has 6 heteroatoms. The summed E-state index contributed by atoms with van der Waals surface area (Å²) >= 11 is 3.42. The van der Waals surface area contributed by atoms with Gasteiger partial charge < -0.3 is 0 Å². The Morgan fingerprint density at radius 1 is 1.32 bits per heavy atom. The molecule has 0 radical (unpaired) electrons. The van der Waals surface area contributed by atoms with Gasteiger partial charge in [0.1, 0.15) is 0 Å². The average Bonchev–Trinajstić information content (AvgIpc) is 3.02. The highest BCUT2D eigenvalue weighted by atomic mass is 79.9. The molecule has 100 valence electrons. The van der Waals surface area contributed by atoms with Gasteiger partial charge in [-0.1, -0.05) is 0 Å². The molecule has 2 aromatic rings. The smallest absolute Gasteiger partial charge is 0.189 e. The highest BCUT2D eigenvalue weighted by molar-refractivity contribution is 9.10. The lowest BCUT2D eigenvalue weighted by atomic mass is 10.2. The molecule has 0 spiro atoms. The van der Waals surface area contributed by atoms with Crippen LogP contribution in [0, 0.1) is 0 Å². The molecule has 0 aliphatic carbocycles. The molecule has 0 amide bonds. The number of nitrogens with zero attached hydrogens (tertiary/aromatic N) is 4. The molecular formula is C13H15BrN4O. The van der Waals surface area contributed by atoms with Gasteiger partial charge in [0.25, 0.3) is 0 Å². The standard InChI is InChI=1S/C13H15BrN4O/c1-3-17-8-10(7-15-17)13(19)6-5-12-11(14)9-18(4-2)16-12/h5-9H,3-4H2,1-2H3/b6-5+. The second-order valence-electron chi connectivity index (χ2n) is 4.00. The fourth-order valence-electron chi connectivity index (χ4n) is 1.60. The molecule has 0 bridgehead atoms. The van der Waals surface area contributed by atoms with Crippen LogP contribution in [0.1, 0.15) is 29.9 Å². The quantitative estimate of drug-likeness (QED) is 0.628. The number of carbonyl (C=O) groups is 1. The number of allylic oxidation sites excluding steroid dienone is 1. The van der Waals surface area contributed by atoms with Gasteiger partial charge in [0.15, 0.2) is 5.78 Å². The van der Waals surface area contributed by atoms with Crippen molar-refractivity contribution in [2.75, 3.05) is 0 Å². The highest BCUT2D eigenvalue weighted by Crippen LogP contribution is 2.16. The maximum absolute atomic E-state index is 11.9. The van der Waals surface area contributed by atoms with Crippen molar-refractivity contribution in [2.45, 2.75) is 26.9 Å². The molecule has 0 fully saturated rings. The Hall–Kier alpha value is -1.69. The summed E-state index contributed by atoms with van der Waals surface area (Å²) in [6.45, 7) is 5.54. The van der Waals surface area contributed by atoms with Crippen LogP contribution in [0.25, 0.3) is 6.08 Å². The van der Waals surface area contributed by atoms with Crippen molar-refractivity contribution in [3.8, 4) is 0 Å². The number of rotatable bonds is 5. The molecule has 0 aliphatic heterocycles. The SMILES string of the molecule is CCn1cc(C(=O)/C=C/c2nn(CC)cc2Br)cn1. The van der Waals surface area contributed by atoms with Crippen LogP contribution in [-0.2, 0) is 13.1 Å². The van der Waals surface area contributed by atoms with E-state index in [1.165, 1.54) is 6.08 Å². The number of carbonyl (C=O) groups excluding carboxylic acids is 1. The van der Waals surface area contributed by atoms with Crippen LogP contribution < -0.4 is 0 Å². The van der Waals surface area contributed by atoms with E-state index in [1.54, 1.807) is 23.2 Å². The topological polar surface area (TPSA) is 52.7 Å². The maximum Gasteiger partial charge on any atom is 0.189 e. The van der Waals surface area contributed by atoms with Crippen molar-refractivity contribution in [1.29, 1.82) is 0 Å². The van der Waals surface area contributed by atoms with Crippen molar-refractivity contribution in [2.24, 2.45) is 0 Å². The van der Waals surface area contributed by atoms with Gasteiger partial charge >= 0.3 is 0 Å². The zero-order valence-corrected chi connectivity index (χ0v) is 12.5. The molecule has 0 aliphatic rings. The number of ketones is 1. The van der Waals surface area contributed by atoms with Crippen molar-refractivity contribution in [3.05, 3.63) is 40.4 Å². The molecule has 0 saturated carbocycles. The first-order valence-electron chi connectivity index (χ1n) is 6.11. The summed E-state index contributed by atoms with van der Waals surface area (Å²) < 4.78 is 4.41. The molecule has 0 N–H and O–H groups in total. The maximum atomic E-state index is 11.9. The monoisotopic (exact) mass is 322 g/mol. The van der Waals surface area contributed by atoms with Crippen LogP contribution in [0.5, 0.6) is 0 Å². The number of hydrogen-bond donors (Lipinski definition) is 0. The van der Waals surface area contributed by atoms with E-state index in [2.05, 4.69) is 26.1 Å². The Bertz CT molecular complexity index is 612. The second kappa shape index (κ2) is 5.97. The number of aromatic nitrogens is 4. The van der Waals surface area contributed by atoms with Crippen LogP contribution in [0.3, 0.4) is 0 Å². The van der Waals surface area contributed by atoms with E-state index in [-0.39, 0.29) is 5.78 Å². The minimum absolute atomic E-state index is 0.0716. The lowest BCUT2D eigenvalue weighted by molar-refractivity contribution is 0.104. The van der Waals surface area contributed by atoms with E-state index in [9.17, 15) is 4.79 Å². The van der Waals surface area contributed by atoms with Crippen molar-refractivity contribution in [1.82, 2.24) is 19.6 Å². The Labute approximate surface area is 120 Å². The van der Waals surface area contributed by atoms with Gasteiger partial charge in [0.05, 0.1) is 21.9 Å². The summed E-state index contributed by atoms with van der Waals surface area (Å²) in [5.74, 6) is -0.0716. The highest BCUT2D eigenvalue weighted by Gasteiger charge is 2.06. The first-order valence-corrected chi connectivity index (χ1v) is 6.91. The van der Waals surface area contributed by atoms with Gasteiger partial charge in [0, 0.05) is 25.5 Å². The van der Waals surface area contributed by atoms with Crippen LogP contribution in [0.4, 0.5) is 0 Å². The molecule has 0 aromatic carbocycles. The summed E-state index contributed by atoms with van der Waals surface area (Å²) in [7, 11) is 0. The van der Waals surface area contributed by atoms with E-state index in [0.29, 0.717) is 5.56 Å². The first kappa shape index (κ1) is 13.7. The molecule has 0 atom stereocenters. The minimum atomic E-state index is -0.0716.